The average molecular weight is 339 g/mol. The molecule has 0 amide bonds. The van der Waals surface area contributed by atoms with Crippen LogP contribution in [0.4, 0.5) is 5.69 Å². The standard InChI is InChI=1S/C17H13N3O3S/c18-11-12-3-1-4-13(9-12)23-14-6-7-15-16(10-14)24(21,22)19-17-5-2-8-20(15)17/h1,3-4,6-7,9-10H,2,5,8H2. The van der Waals surface area contributed by atoms with Gasteiger partial charge in [-0.2, -0.15) is 13.7 Å². The van der Waals surface area contributed by atoms with Crippen molar-refractivity contribution in [1.29, 1.82) is 5.26 Å². The number of sulfonamides is 1. The predicted octanol–water partition coefficient (Wildman–Crippen LogP) is 3.05. The molecule has 6 nitrogen and oxygen atoms in total. The van der Waals surface area contributed by atoms with Crippen LogP contribution in [0, 0.1) is 11.3 Å². The summed E-state index contributed by atoms with van der Waals surface area (Å²) in [5.41, 5.74) is 1.13. The van der Waals surface area contributed by atoms with E-state index in [-0.39, 0.29) is 4.90 Å². The average Bonchev–Trinajstić information content (AvgIpc) is 3.02. The summed E-state index contributed by atoms with van der Waals surface area (Å²) in [6.07, 6.45) is 1.57. The van der Waals surface area contributed by atoms with Crippen molar-refractivity contribution in [1.82, 2.24) is 0 Å². The van der Waals surface area contributed by atoms with Crippen LogP contribution >= 0.6 is 0 Å². The zero-order valence-corrected chi connectivity index (χ0v) is 13.5. The van der Waals surface area contributed by atoms with Gasteiger partial charge in [-0.15, -0.1) is 4.40 Å². The number of rotatable bonds is 2. The monoisotopic (exact) mass is 339 g/mol. The summed E-state index contributed by atoms with van der Waals surface area (Å²) in [7, 11) is -3.71. The number of ether oxygens (including phenoxy) is 1. The molecule has 0 saturated carbocycles. The van der Waals surface area contributed by atoms with Gasteiger partial charge in [0.15, 0.2) is 0 Å². The smallest absolute Gasteiger partial charge is 0.286 e. The molecule has 1 saturated heterocycles. The third-order valence-electron chi connectivity index (χ3n) is 4.02. The normalized spacial score (nSPS) is 17.5. The Hall–Kier alpha value is -2.85. The highest BCUT2D eigenvalue weighted by molar-refractivity contribution is 7.90. The summed E-state index contributed by atoms with van der Waals surface area (Å²) >= 11 is 0. The molecule has 0 atom stereocenters. The first-order valence-electron chi connectivity index (χ1n) is 7.50. The van der Waals surface area contributed by atoms with Gasteiger partial charge in [0.25, 0.3) is 10.0 Å². The number of benzene rings is 2. The molecule has 24 heavy (non-hydrogen) atoms. The second kappa shape index (κ2) is 5.35. The Labute approximate surface area is 139 Å². The van der Waals surface area contributed by atoms with Crippen LogP contribution in [0.15, 0.2) is 51.8 Å². The first-order valence-corrected chi connectivity index (χ1v) is 8.94. The molecule has 2 aromatic rings. The van der Waals surface area contributed by atoms with E-state index in [4.69, 9.17) is 10.00 Å². The largest absolute Gasteiger partial charge is 0.457 e. The number of nitrogens with zero attached hydrogens (tertiary/aromatic N) is 3. The summed E-state index contributed by atoms with van der Waals surface area (Å²) in [6.45, 7) is 0.770. The second-order valence-electron chi connectivity index (χ2n) is 5.61. The van der Waals surface area contributed by atoms with Gasteiger partial charge in [0.2, 0.25) is 0 Å². The van der Waals surface area contributed by atoms with Crippen LogP contribution in [0.5, 0.6) is 11.5 Å². The Balaban J connectivity index is 1.73. The van der Waals surface area contributed by atoms with E-state index in [9.17, 15) is 8.42 Å². The Bertz CT molecular complexity index is 1010. The highest BCUT2D eigenvalue weighted by Crippen LogP contribution is 2.38. The summed E-state index contributed by atoms with van der Waals surface area (Å²) in [5.74, 6) is 1.48. The first-order chi connectivity index (χ1) is 11.6. The first kappa shape index (κ1) is 14.7. The number of anilines is 1. The lowest BCUT2D eigenvalue weighted by atomic mass is 10.2. The molecular weight excluding hydrogens is 326 g/mol. The van der Waals surface area contributed by atoms with Crippen LogP contribution in [0.2, 0.25) is 0 Å². The fourth-order valence-corrected chi connectivity index (χ4v) is 4.23. The van der Waals surface area contributed by atoms with Crippen LogP contribution in [0.3, 0.4) is 0 Å². The molecule has 2 aliphatic heterocycles. The lowest BCUT2D eigenvalue weighted by Gasteiger charge is -2.25. The molecule has 0 radical (unpaired) electrons. The molecule has 120 valence electrons. The van der Waals surface area contributed by atoms with Gasteiger partial charge in [-0.3, -0.25) is 0 Å². The van der Waals surface area contributed by atoms with Crippen molar-refractivity contribution >= 4 is 21.5 Å². The third kappa shape index (κ3) is 2.41. The molecule has 0 N–H and O–H groups in total. The van der Waals surface area contributed by atoms with Crippen molar-refractivity contribution in [2.75, 3.05) is 11.4 Å². The van der Waals surface area contributed by atoms with E-state index in [1.807, 2.05) is 11.0 Å². The quantitative estimate of drug-likeness (QED) is 0.840. The third-order valence-corrected chi connectivity index (χ3v) is 5.35. The summed E-state index contributed by atoms with van der Waals surface area (Å²) < 4.78 is 34.4. The maximum Gasteiger partial charge on any atom is 0.286 e. The molecular formula is C17H13N3O3S. The lowest BCUT2D eigenvalue weighted by molar-refractivity contribution is 0.480. The van der Waals surface area contributed by atoms with Gasteiger partial charge < -0.3 is 9.64 Å². The van der Waals surface area contributed by atoms with Crippen molar-refractivity contribution in [2.45, 2.75) is 17.7 Å². The van der Waals surface area contributed by atoms with Crippen LogP contribution < -0.4 is 9.64 Å². The molecule has 2 heterocycles. The van der Waals surface area contributed by atoms with Gasteiger partial charge >= 0.3 is 0 Å². The molecule has 0 aliphatic carbocycles. The van der Waals surface area contributed by atoms with Gasteiger partial charge in [0.1, 0.15) is 22.2 Å². The molecule has 0 bridgehead atoms. The molecule has 0 unspecified atom stereocenters. The van der Waals surface area contributed by atoms with E-state index in [1.54, 1.807) is 36.4 Å². The van der Waals surface area contributed by atoms with Crippen molar-refractivity contribution in [3.63, 3.8) is 0 Å². The Morgan fingerprint density at radius 2 is 2.00 bits per heavy atom. The van der Waals surface area contributed by atoms with Crippen LogP contribution in [0.1, 0.15) is 18.4 Å². The SMILES string of the molecule is N#Cc1cccc(Oc2ccc3c(c2)S(=O)(=O)N=C2CCCN23)c1. The van der Waals surface area contributed by atoms with Gasteiger partial charge in [0.05, 0.1) is 17.3 Å². The highest BCUT2D eigenvalue weighted by Gasteiger charge is 2.33. The molecule has 2 aliphatic rings. The van der Waals surface area contributed by atoms with E-state index in [0.29, 0.717) is 35.0 Å². The zero-order valence-electron chi connectivity index (χ0n) is 12.6. The molecule has 0 spiro atoms. The Kier molecular flexibility index (Phi) is 3.28. The Morgan fingerprint density at radius 3 is 2.83 bits per heavy atom. The van der Waals surface area contributed by atoms with Gasteiger partial charge in [0, 0.05) is 19.0 Å². The molecule has 7 heteroatoms. The highest BCUT2D eigenvalue weighted by atomic mass is 32.2. The number of hydrogen-bond acceptors (Lipinski definition) is 5. The van der Waals surface area contributed by atoms with Crippen molar-refractivity contribution in [3.05, 3.63) is 48.0 Å². The summed E-state index contributed by atoms with van der Waals surface area (Å²) in [5, 5.41) is 8.94. The van der Waals surface area contributed by atoms with E-state index in [2.05, 4.69) is 4.40 Å². The zero-order chi connectivity index (χ0) is 16.7. The van der Waals surface area contributed by atoms with E-state index in [0.717, 1.165) is 13.0 Å². The van der Waals surface area contributed by atoms with Gasteiger partial charge in [-0.05, 0) is 36.8 Å². The minimum atomic E-state index is -3.71. The van der Waals surface area contributed by atoms with Gasteiger partial charge in [-0.1, -0.05) is 6.07 Å². The van der Waals surface area contributed by atoms with Gasteiger partial charge in [-0.25, -0.2) is 0 Å². The minimum Gasteiger partial charge on any atom is -0.457 e. The fourth-order valence-electron chi connectivity index (χ4n) is 2.95. The second-order valence-corrected chi connectivity index (χ2v) is 7.18. The molecule has 2 aromatic carbocycles. The maximum atomic E-state index is 12.4. The van der Waals surface area contributed by atoms with Crippen LogP contribution in [-0.2, 0) is 10.0 Å². The minimum absolute atomic E-state index is 0.155. The number of amidine groups is 1. The lowest BCUT2D eigenvalue weighted by Crippen LogP contribution is -2.30. The van der Waals surface area contributed by atoms with Crippen LogP contribution in [-0.4, -0.2) is 20.8 Å². The fraction of sp³-hybridized carbons (Fsp3) is 0.176. The van der Waals surface area contributed by atoms with E-state index >= 15 is 0 Å². The van der Waals surface area contributed by atoms with Crippen molar-refractivity contribution < 1.29 is 13.2 Å². The van der Waals surface area contributed by atoms with Crippen LogP contribution in [0.25, 0.3) is 0 Å². The Morgan fingerprint density at radius 1 is 1.17 bits per heavy atom. The maximum absolute atomic E-state index is 12.4. The van der Waals surface area contributed by atoms with Crippen molar-refractivity contribution in [2.24, 2.45) is 4.40 Å². The van der Waals surface area contributed by atoms with E-state index in [1.165, 1.54) is 6.07 Å². The van der Waals surface area contributed by atoms with E-state index < -0.39 is 10.0 Å². The summed E-state index contributed by atoms with van der Waals surface area (Å²) in [6, 6.07) is 13.7. The number of nitriles is 1. The molecule has 4 rings (SSSR count). The topological polar surface area (TPSA) is 82.8 Å². The predicted molar refractivity (Wildman–Crippen MR) is 88.9 cm³/mol. The molecule has 0 aromatic heterocycles. The molecule has 1 fully saturated rings. The number of fused-ring (bicyclic) bond motifs is 3. The number of hydrogen-bond donors (Lipinski definition) is 0. The van der Waals surface area contributed by atoms with Crippen molar-refractivity contribution in [3.8, 4) is 17.6 Å². The summed E-state index contributed by atoms with van der Waals surface area (Å²) in [4.78, 5) is 2.10.